The summed E-state index contributed by atoms with van der Waals surface area (Å²) in [6.07, 6.45) is 4.72. The second-order valence-corrected chi connectivity index (χ2v) is 9.31. The summed E-state index contributed by atoms with van der Waals surface area (Å²) in [7, 11) is 0. The van der Waals surface area contributed by atoms with Crippen LogP contribution in [0.4, 0.5) is 0 Å². The normalized spacial score (nSPS) is 25.1. The zero-order valence-corrected chi connectivity index (χ0v) is 18.2. The van der Waals surface area contributed by atoms with Gasteiger partial charge in [0.15, 0.2) is 11.5 Å². The van der Waals surface area contributed by atoms with E-state index in [0.29, 0.717) is 12.2 Å². The third-order valence-electron chi connectivity index (χ3n) is 6.64. The molecule has 1 aliphatic carbocycles. The fourth-order valence-corrected chi connectivity index (χ4v) is 5.55. The lowest BCUT2D eigenvalue weighted by molar-refractivity contribution is -0.148. The van der Waals surface area contributed by atoms with E-state index in [1.165, 1.54) is 16.9 Å². The first-order valence-corrected chi connectivity index (χ1v) is 11.5. The van der Waals surface area contributed by atoms with E-state index in [0.717, 1.165) is 47.5 Å². The molecule has 1 aliphatic heterocycles. The number of nitrogens with one attached hydrogen (secondary N) is 1. The van der Waals surface area contributed by atoms with Crippen molar-refractivity contribution in [1.29, 1.82) is 0 Å². The van der Waals surface area contributed by atoms with Gasteiger partial charge in [-0.2, -0.15) is 0 Å². The van der Waals surface area contributed by atoms with Crippen molar-refractivity contribution in [1.82, 2.24) is 15.3 Å². The molecule has 0 bridgehead atoms. The average Bonchev–Trinajstić information content (AvgIpc) is 3.42. The number of carbonyl (C=O) groups is 1. The summed E-state index contributed by atoms with van der Waals surface area (Å²) in [5.41, 5.74) is 0.159. The van der Waals surface area contributed by atoms with Crippen molar-refractivity contribution < 1.29 is 19.4 Å². The van der Waals surface area contributed by atoms with Crippen LogP contribution in [-0.4, -0.2) is 40.4 Å². The summed E-state index contributed by atoms with van der Waals surface area (Å²) in [5.74, 6) is 1.15. The molecule has 0 amide bonds. The van der Waals surface area contributed by atoms with Crippen molar-refractivity contribution in [2.24, 2.45) is 5.92 Å². The molecule has 162 valence electrons. The minimum atomic E-state index is -1.03. The number of fused-ring (bicyclic) bond motifs is 2. The molecule has 0 radical (unpaired) electrons. The Morgan fingerprint density at radius 3 is 3.03 bits per heavy atom. The number of rotatable bonds is 6. The van der Waals surface area contributed by atoms with Crippen molar-refractivity contribution in [3.63, 3.8) is 0 Å². The zero-order valence-electron chi connectivity index (χ0n) is 17.3. The lowest BCUT2D eigenvalue weighted by Gasteiger charge is -2.41. The number of nitrogens with zero attached hydrogens (tertiary/aromatic N) is 2. The van der Waals surface area contributed by atoms with Crippen LogP contribution in [0.3, 0.4) is 0 Å². The molecule has 5 rings (SSSR count). The SMILES string of the molecule is CC1CC(NCCc2ccc3c(c2)OCO3)CCC1(C(=O)O)c1ncc2ccsc2n1. The molecule has 3 aromatic rings. The highest BCUT2D eigenvalue weighted by Gasteiger charge is 2.51. The second kappa shape index (κ2) is 8.09. The van der Waals surface area contributed by atoms with Crippen molar-refractivity contribution in [2.45, 2.75) is 44.1 Å². The highest BCUT2D eigenvalue weighted by Crippen LogP contribution is 2.43. The molecule has 8 heteroatoms. The third kappa shape index (κ3) is 3.64. The molecular weight excluding hydrogens is 414 g/mol. The summed E-state index contributed by atoms with van der Waals surface area (Å²) in [6.45, 7) is 3.13. The van der Waals surface area contributed by atoms with Gasteiger partial charge >= 0.3 is 5.97 Å². The number of thiophene rings is 1. The maximum absolute atomic E-state index is 12.4. The van der Waals surface area contributed by atoms with Crippen molar-refractivity contribution in [3.8, 4) is 11.5 Å². The van der Waals surface area contributed by atoms with Gasteiger partial charge in [0.2, 0.25) is 6.79 Å². The maximum Gasteiger partial charge on any atom is 0.317 e. The number of ether oxygens (including phenoxy) is 2. The van der Waals surface area contributed by atoms with Crippen molar-refractivity contribution in [2.75, 3.05) is 13.3 Å². The highest BCUT2D eigenvalue weighted by atomic mass is 32.1. The molecule has 0 saturated heterocycles. The molecular formula is C23H25N3O4S. The smallest absolute Gasteiger partial charge is 0.317 e. The summed E-state index contributed by atoms with van der Waals surface area (Å²) in [4.78, 5) is 22.4. The van der Waals surface area contributed by atoms with E-state index in [-0.39, 0.29) is 18.8 Å². The molecule has 31 heavy (non-hydrogen) atoms. The van der Waals surface area contributed by atoms with Crippen LogP contribution in [0.1, 0.15) is 37.6 Å². The van der Waals surface area contributed by atoms with E-state index in [1.807, 2.05) is 30.5 Å². The molecule has 0 spiro atoms. The molecule has 3 heterocycles. The molecule has 2 N–H and O–H groups in total. The van der Waals surface area contributed by atoms with E-state index >= 15 is 0 Å². The number of aliphatic carboxylic acids is 1. The Morgan fingerprint density at radius 1 is 1.32 bits per heavy atom. The van der Waals surface area contributed by atoms with Crippen LogP contribution in [0, 0.1) is 5.92 Å². The summed E-state index contributed by atoms with van der Waals surface area (Å²) in [6, 6.07) is 8.28. The van der Waals surface area contributed by atoms with E-state index in [9.17, 15) is 9.90 Å². The minimum absolute atomic E-state index is 0.0702. The minimum Gasteiger partial charge on any atom is -0.480 e. The Bertz CT molecular complexity index is 1120. The van der Waals surface area contributed by atoms with Gasteiger partial charge in [0, 0.05) is 17.6 Å². The monoisotopic (exact) mass is 439 g/mol. The molecule has 2 aliphatic rings. The Balaban J connectivity index is 1.24. The molecule has 7 nitrogen and oxygen atoms in total. The van der Waals surface area contributed by atoms with Crippen LogP contribution in [0.25, 0.3) is 10.2 Å². The molecule has 3 unspecified atom stereocenters. The lowest BCUT2D eigenvalue weighted by Crippen LogP contribution is -2.51. The van der Waals surface area contributed by atoms with Crippen LogP contribution in [-0.2, 0) is 16.6 Å². The standard InChI is InChI=1S/C23H25N3O4S/c1-14-10-17(24-8-5-15-2-3-18-19(11-15)30-13-29-18)4-7-23(14,22(27)28)21-25-12-16-6-9-31-20(16)26-21/h2-3,6,9,11-12,14,17,24H,4-5,7-8,10,13H2,1H3,(H,27,28). The van der Waals surface area contributed by atoms with Crippen molar-refractivity contribution >= 4 is 27.5 Å². The maximum atomic E-state index is 12.4. The molecule has 1 fully saturated rings. The molecule has 1 saturated carbocycles. The topological polar surface area (TPSA) is 93.6 Å². The Morgan fingerprint density at radius 2 is 2.19 bits per heavy atom. The summed E-state index contributed by atoms with van der Waals surface area (Å²) >= 11 is 1.52. The van der Waals surface area contributed by atoms with Crippen LogP contribution < -0.4 is 14.8 Å². The van der Waals surface area contributed by atoms with Gasteiger partial charge in [0.25, 0.3) is 0 Å². The predicted octanol–water partition coefficient (Wildman–Crippen LogP) is 3.76. The van der Waals surface area contributed by atoms with E-state index in [4.69, 9.17) is 9.47 Å². The van der Waals surface area contributed by atoms with Crippen LogP contribution in [0.5, 0.6) is 11.5 Å². The Kier molecular flexibility index (Phi) is 5.27. The van der Waals surface area contributed by atoms with E-state index in [1.54, 1.807) is 6.20 Å². The largest absolute Gasteiger partial charge is 0.480 e. The van der Waals surface area contributed by atoms with Crippen molar-refractivity contribution in [3.05, 3.63) is 47.2 Å². The van der Waals surface area contributed by atoms with Gasteiger partial charge in [-0.1, -0.05) is 13.0 Å². The number of carboxylic acids is 1. The second-order valence-electron chi connectivity index (χ2n) is 8.42. The lowest BCUT2D eigenvalue weighted by atomic mass is 9.65. The van der Waals surface area contributed by atoms with Gasteiger partial charge in [-0.05, 0) is 67.3 Å². The van der Waals surface area contributed by atoms with E-state index < -0.39 is 11.4 Å². The predicted molar refractivity (Wildman–Crippen MR) is 118 cm³/mol. The van der Waals surface area contributed by atoms with Crippen LogP contribution in [0.15, 0.2) is 35.8 Å². The van der Waals surface area contributed by atoms with Gasteiger partial charge in [-0.3, -0.25) is 4.79 Å². The van der Waals surface area contributed by atoms with Gasteiger partial charge < -0.3 is 19.9 Å². The van der Waals surface area contributed by atoms with Gasteiger partial charge in [0.05, 0.1) is 0 Å². The van der Waals surface area contributed by atoms with Gasteiger partial charge in [-0.15, -0.1) is 11.3 Å². The van der Waals surface area contributed by atoms with Crippen LogP contribution in [0.2, 0.25) is 0 Å². The first-order valence-electron chi connectivity index (χ1n) is 10.6. The molecule has 1 aromatic carbocycles. The summed E-state index contributed by atoms with van der Waals surface area (Å²) in [5, 5.41) is 16.7. The van der Waals surface area contributed by atoms with Gasteiger partial charge in [-0.25, -0.2) is 9.97 Å². The number of hydrogen-bond acceptors (Lipinski definition) is 7. The highest BCUT2D eigenvalue weighted by molar-refractivity contribution is 7.16. The Hall–Kier alpha value is -2.71. The fraction of sp³-hybridized carbons (Fsp3) is 0.435. The number of aromatic nitrogens is 2. The zero-order chi connectivity index (χ0) is 21.4. The number of carboxylic acid groups (broad SMARTS) is 1. The van der Waals surface area contributed by atoms with Gasteiger partial charge in [0.1, 0.15) is 16.1 Å². The van der Waals surface area contributed by atoms with E-state index in [2.05, 4.69) is 21.4 Å². The Labute approximate surface area is 184 Å². The number of benzene rings is 1. The number of hydrogen-bond donors (Lipinski definition) is 2. The summed E-state index contributed by atoms with van der Waals surface area (Å²) < 4.78 is 10.8. The quantitative estimate of drug-likeness (QED) is 0.604. The molecule has 2 aromatic heterocycles. The first kappa shape index (κ1) is 20.2. The fourth-order valence-electron chi connectivity index (χ4n) is 4.81. The average molecular weight is 440 g/mol. The molecule has 3 atom stereocenters. The third-order valence-corrected chi connectivity index (χ3v) is 7.46. The first-order chi connectivity index (χ1) is 15.1. The van der Waals surface area contributed by atoms with Crippen LogP contribution >= 0.6 is 11.3 Å².